The van der Waals surface area contributed by atoms with E-state index in [4.69, 9.17) is 14.5 Å². The zero-order valence-electron chi connectivity index (χ0n) is 34.4. The van der Waals surface area contributed by atoms with Gasteiger partial charge in [-0.05, 0) is 87.2 Å². The lowest BCUT2D eigenvalue weighted by atomic mass is 9.85. The second-order valence-electron chi connectivity index (χ2n) is 18.8. The largest absolute Gasteiger partial charge is 0.471 e. The Morgan fingerprint density at radius 1 is 1.03 bits per heavy atom. The number of benzene rings is 1. The molecule has 14 nitrogen and oxygen atoms in total. The maximum absolute atomic E-state index is 14.8. The van der Waals surface area contributed by atoms with Crippen LogP contribution in [0.2, 0.25) is 0 Å². The lowest BCUT2D eigenvalue weighted by Gasteiger charge is -2.35. The molecule has 59 heavy (non-hydrogen) atoms. The van der Waals surface area contributed by atoms with Gasteiger partial charge in [-0.3, -0.25) is 19.1 Å². The van der Waals surface area contributed by atoms with Gasteiger partial charge in [0.05, 0.1) is 28.2 Å². The first-order valence-corrected chi connectivity index (χ1v) is 22.2. The molecule has 2 aromatic rings. The number of nitrogens with one attached hydrogen (secondary N) is 3. The Kier molecular flexibility index (Phi) is 11.4. The van der Waals surface area contributed by atoms with E-state index in [1.807, 2.05) is 4.72 Å². The van der Waals surface area contributed by atoms with Gasteiger partial charge < -0.3 is 25.0 Å². The summed E-state index contributed by atoms with van der Waals surface area (Å²) in [6, 6.07) is 1.37. The highest BCUT2D eigenvalue weighted by Gasteiger charge is 2.67. The third-order valence-electron chi connectivity index (χ3n) is 13.4. The van der Waals surface area contributed by atoms with Crippen molar-refractivity contribution in [3.05, 3.63) is 29.7 Å². The summed E-state index contributed by atoms with van der Waals surface area (Å²) < 4.78 is 82.1. The van der Waals surface area contributed by atoms with E-state index in [9.17, 15) is 40.8 Å². The fourth-order valence-electron chi connectivity index (χ4n) is 9.03. The summed E-state index contributed by atoms with van der Waals surface area (Å²) in [5.41, 5.74) is -2.01. The van der Waals surface area contributed by atoms with Crippen molar-refractivity contribution in [2.24, 2.45) is 29.1 Å². The fourth-order valence-corrected chi connectivity index (χ4v) is 10.3. The van der Waals surface area contributed by atoms with E-state index in [1.165, 1.54) is 30.0 Å². The van der Waals surface area contributed by atoms with Gasteiger partial charge in [0.15, 0.2) is 0 Å². The van der Waals surface area contributed by atoms with Gasteiger partial charge in [0.25, 0.3) is 5.91 Å². The van der Waals surface area contributed by atoms with Crippen molar-refractivity contribution in [1.82, 2.24) is 30.2 Å². The van der Waals surface area contributed by atoms with E-state index in [-0.39, 0.29) is 55.1 Å². The molecule has 3 aliphatic carbocycles. The van der Waals surface area contributed by atoms with Crippen molar-refractivity contribution in [3.63, 3.8) is 0 Å². The van der Waals surface area contributed by atoms with Gasteiger partial charge in [0.1, 0.15) is 41.3 Å². The van der Waals surface area contributed by atoms with Crippen LogP contribution in [0.25, 0.3) is 11.0 Å². The summed E-state index contributed by atoms with van der Waals surface area (Å²) in [5.74, 6) is -4.42. The van der Waals surface area contributed by atoms with Crippen molar-refractivity contribution >= 4 is 44.9 Å². The van der Waals surface area contributed by atoms with E-state index < -0.39 is 92.3 Å². The number of hydrogen-bond acceptors (Lipinski definition) is 10. The minimum Gasteiger partial charge on any atom is -0.471 e. The number of nitrogens with zero attached hydrogens (tertiary/aromatic N) is 3. The standard InChI is InChI=1S/C41H55F3N6O8S/c1-21-16-31-25(22(21)2)10-8-7-9-11-28-35(46-29-17-23(42)12-13-27(29)45-28)57-24-18-30(50(20-24)36(52)32(39(3,4)5)47-38(54)58-31)34(51)48-41(19-26(41)33(43)44)37(53)49-59(55,56)40(6)14-15-40/h12-13,17,21-22,24-26,30-33H,7-11,14-16,18-20H2,1-6H3,(H,47,54)(H,48,51)(H,49,53)/t21-,22-,24+,25+,26-,30-,31+,32+,41+/m0/s1. The number of amides is 4. The summed E-state index contributed by atoms with van der Waals surface area (Å²) in [6.07, 6.45) is -1.02. The van der Waals surface area contributed by atoms with Crippen LogP contribution in [0.15, 0.2) is 18.2 Å². The molecule has 18 heteroatoms. The number of aryl methyl sites for hydroxylation is 1. The highest BCUT2D eigenvalue weighted by molar-refractivity contribution is 7.91. The number of carbonyl (C=O) groups is 4. The highest BCUT2D eigenvalue weighted by Crippen LogP contribution is 2.49. The van der Waals surface area contributed by atoms with Crippen LogP contribution < -0.4 is 20.1 Å². The summed E-state index contributed by atoms with van der Waals surface area (Å²) >= 11 is 0. The second kappa shape index (κ2) is 15.7. The molecule has 0 unspecified atom stereocenters. The number of ether oxygens (including phenoxy) is 2. The Morgan fingerprint density at radius 3 is 2.42 bits per heavy atom. The van der Waals surface area contributed by atoms with E-state index in [2.05, 4.69) is 29.5 Å². The average Bonchev–Trinajstić information content (AvgIpc) is 4.02. The van der Waals surface area contributed by atoms with Gasteiger partial charge in [-0.1, -0.05) is 47.5 Å². The van der Waals surface area contributed by atoms with Gasteiger partial charge in [-0.15, -0.1) is 0 Å². The topological polar surface area (TPSA) is 186 Å². The quantitative estimate of drug-likeness (QED) is 0.350. The number of halogens is 3. The predicted octanol–water partition coefficient (Wildman–Crippen LogP) is 5.17. The molecule has 7 rings (SSSR count). The normalized spacial score (nSPS) is 32.5. The number of carbonyl (C=O) groups excluding carboxylic acids is 4. The molecular formula is C41H55F3N6O8S. The smallest absolute Gasteiger partial charge is 0.408 e. The number of sulfonamides is 1. The Hall–Kier alpha value is -4.22. The van der Waals surface area contributed by atoms with Crippen LogP contribution in [0.3, 0.4) is 0 Å². The first kappa shape index (κ1) is 42.9. The minimum atomic E-state index is -4.25. The molecule has 324 valence electrons. The number of fused-ring (bicyclic) bond motifs is 5. The molecule has 0 radical (unpaired) electrons. The number of rotatable bonds is 6. The fraction of sp³-hybridized carbons (Fsp3) is 0.707. The van der Waals surface area contributed by atoms with Gasteiger partial charge >= 0.3 is 6.09 Å². The molecule has 3 N–H and O–H groups in total. The maximum Gasteiger partial charge on any atom is 0.408 e. The second-order valence-corrected chi connectivity index (χ2v) is 21.0. The molecule has 3 heterocycles. The lowest BCUT2D eigenvalue weighted by molar-refractivity contribution is -0.143. The van der Waals surface area contributed by atoms with Crippen molar-refractivity contribution in [2.75, 3.05) is 6.54 Å². The van der Waals surface area contributed by atoms with Gasteiger partial charge in [-0.2, -0.15) is 0 Å². The first-order valence-electron chi connectivity index (χ1n) is 20.7. The van der Waals surface area contributed by atoms with Gasteiger partial charge in [0, 0.05) is 12.5 Å². The van der Waals surface area contributed by atoms with Crippen LogP contribution in [0.1, 0.15) is 105 Å². The third kappa shape index (κ3) is 8.56. The molecule has 1 saturated heterocycles. The van der Waals surface area contributed by atoms with Gasteiger partial charge in [0.2, 0.25) is 34.1 Å². The first-order chi connectivity index (χ1) is 27.6. The van der Waals surface area contributed by atoms with E-state index in [1.54, 1.807) is 20.8 Å². The molecule has 3 saturated carbocycles. The zero-order chi connectivity index (χ0) is 42.8. The molecular weight excluding hydrogens is 794 g/mol. The summed E-state index contributed by atoms with van der Waals surface area (Å²) in [6.45, 7) is 10.7. The Labute approximate surface area is 342 Å². The van der Waals surface area contributed by atoms with Crippen molar-refractivity contribution < 1.29 is 50.2 Å². The highest BCUT2D eigenvalue weighted by atomic mass is 32.2. The van der Waals surface area contributed by atoms with Crippen LogP contribution in [0.4, 0.5) is 18.0 Å². The molecule has 2 bridgehead atoms. The summed E-state index contributed by atoms with van der Waals surface area (Å²) in [7, 11) is -4.25. The molecule has 2 aliphatic heterocycles. The van der Waals surface area contributed by atoms with Crippen LogP contribution in [0, 0.1) is 34.9 Å². The predicted molar refractivity (Wildman–Crippen MR) is 209 cm³/mol. The zero-order valence-corrected chi connectivity index (χ0v) is 35.2. The molecule has 4 amide bonds. The summed E-state index contributed by atoms with van der Waals surface area (Å²) in [4.78, 5) is 67.0. The van der Waals surface area contributed by atoms with Crippen LogP contribution in [0.5, 0.6) is 5.88 Å². The Morgan fingerprint density at radius 2 is 1.76 bits per heavy atom. The van der Waals surface area contributed by atoms with Crippen molar-refractivity contribution in [2.45, 2.75) is 147 Å². The third-order valence-corrected chi connectivity index (χ3v) is 15.6. The van der Waals surface area contributed by atoms with Crippen LogP contribution in [-0.2, 0) is 35.6 Å². The van der Waals surface area contributed by atoms with Crippen LogP contribution >= 0.6 is 0 Å². The average molecular weight is 849 g/mol. The maximum atomic E-state index is 14.8. The van der Waals surface area contributed by atoms with E-state index in [0.717, 1.165) is 19.3 Å². The molecule has 1 aromatic carbocycles. The SMILES string of the molecule is C[C@@H]1[C@H]2CCCCCc3nc4ccc(F)cc4nc3O[C@@H]3C[C@@H](C(=O)N[C@]4(C(=O)NS(=O)(=O)C5(C)CC5)C[C@H]4C(F)F)N(C3)C(=O)[C@H](C(C)(C)C)NC(=O)O[C@@H]2C[C@@H]1C. The number of alkyl halides is 2. The van der Waals surface area contributed by atoms with E-state index >= 15 is 0 Å². The Balaban J connectivity index is 1.24. The number of alkyl carbamates (subject to hydrolysis) is 1. The molecule has 0 spiro atoms. The van der Waals surface area contributed by atoms with E-state index in [0.29, 0.717) is 36.4 Å². The van der Waals surface area contributed by atoms with Crippen molar-refractivity contribution in [3.8, 4) is 5.88 Å². The minimum absolute atomic E-state index is 0.0876. The Bertz CT molecular complexity index is 2110. The van der Waals surface area contributed by atoms with Crippen molar-refractivity contribution in [1.29, 1.82) is 0 Å². The van der Waals surface area contributed by atoms with Gasteiger partial charge in [-0.25, -0.2) is 36.4 Å². The lowest BCUT2D eigenvalue weighted by Crippen LogP contribution is -2.60. The number of hydrogen-bond donors (Lipinski definition) is 3. The molecule has 1 aromatic heterocycles. The molecule has 5 aliphatic rings. The van der Waals surface area contributed by atoms with Crippen LogP contribution in [-0.4, -0.2) is 94.6 Å². The summed E-state index contributed by atoms with van der Waals surface area (Å²) in [5, 5.41) is 5.20. The molecule has 9 atom stereocenters. The monoisotopic (exact) mass is 848 g/mol. The number of aromatic nitrogens is 2. The molecule has 4 fully saturated rings.